The number of carboxylic acids is 2. The molecule has 0 aliphatic carbocycles. The molecule has 8 nitrogen and oxygen atoms in total. The van der Waals surface area contributed by atoms with E-state index in [-0.39, 0.29) is 22.5 Å². The Morgan fingerprint density at radius 2 is 1.26 bits per heavy atom. The smallest absolute Gasteiger partial charge is 0.335 e. The highest BCUT2D eigenvalue weighted by Crippen LogP contribution is 2.24. The Balaban J connectivity index is 1.71. The van der Waals surface area contributed by atoms with E-state index < -0.39 is 11.9 Å². The standard InChI is InChI=1S/C26H19N3O5/c1-34-20-6-4-16(5-7-20)2-3-17-8-10-27-21(12-17)23-14-19(26(32)33)15-24(29-23)22-13-18(25(30)31)9-11-28-22/h2-15H,1H3,(H,30,31)(H,32,33)/b3-2+. The van der Waals surface area contributed by atoms with E-state index in [1.54, 1.807) is 19.4 Å². The van der Waals surface area contributed by atoms with Crippen molar-refractivity contribution in [1.29, 1.82) is 0 Å². The number of carboxylic acid groups (broad SMARTS) is 2. The molecular weight excluding hydrogens is 434 g/mol. The maximum absolute atomic E-state index is 11.7. The lowest BCUT2D eigenvalue weighted by Gasteiger charge is -2.08. The van der Waals surface area contributed by atoms with Crippen LogP contribution in [0.5, 0.6) is 5.75 Å². The lowest BCUT2D eigenvalue weighted by atomic mass is 10.1. The molecule has 2 N–H and O–H groups in total. The number of pyridine rings is 3. The van der Waals surface area contributed by atoms with E-state index in [9.17, 15) is 19.8 Å². The molecule has 0 amide bonds. The average molecular weight is 453 g/mol. The molecule has 0 aliphatic rings. The van der Waals surface area contributed by atoms with E-state index in [1.165, 1.54) is 30.5 Å². The van der Waals surface area contributed by atoms with Crippen LogP contribution in [-0.2, 0) is 0 Å². The number of aromatic nitrogens is 3. The zero-order chi connectivity index (χ0) is 24.1. The summed E-state index contributed by atoms with van der Waals surface area (Å²) >= 11 is 0. The molecule has 0 unspecified atom stereocenters. The van der Waals surface area contributed by atoms with Crippen molar-refractivity contribution in [2.24, 2.45) is 0 Å². The van der Waals surface area contributed by atoms with Crippen LogP contribution in [0.1, 0.15) is 31.8 Å². The molecule has 0 radical (unpaired) electrons. The second kappa shape index (κ2) is 9.74. The monoisotopic (exact) mass is 453 g/mol. The number of benzene rings is 1. The lowest BCUT2D eigenvalue weighted by molar-refractivity contribution is 0.0686. The van der Waals surface area contributed by atoms with E-state index in [0.29, 0.717) is 11.4 Å². The van der Waals surface area contributed by atoms with E-state index in [0.717, 1.165) is 16.9 Å². The molecule has 1 aromatic carbocycles. The number of hydrogen-bond donors (Lipinski definition) is 2. The Bertz CT molecular complexity index is 1400. The van der Waals surface area contributed by atoms with Gasteiger partial charge < -0.3 is 14.9 Å². The van der Waals surface area contributed by atoms with Crippen molar-refractivity contribution >= 4 is 24.1 Å². The van der Waals surface area contributed by atoms with Gasteiger partial charge in [-0.3, -0.25) is 9.97 Å². The second-order valence-corrected chi connectivity index (χ2v) is 7.25. The predicted molar refractivity (Wildman–Crippen MR) is 127 cm³/mol. The minimum atomic E-state index is -1.14. The van der Waals surface area contributed by atoms with Crippen molar-refractivity contribution in [3.8, 4) is 28.5 Å². The average Bonchev–Trinajstić information content (AvgIpc) is 2.87. The first-order valence-corrected chi connectivity index (χ1v) is 10.2. The summed E-state index contributed by atoms with van der Waals surface area (Å²) in [6, 6.07) is 16.7. The van der Waals surface area contributed by atoms with Crippen molar-refractivity contribution in [2.45, 2.75) is 0 Å². The molecule has 0 bridgehead atoms. The maximum Gasteiger partial charge on any atom is 0.335 e. The Hall–Kier alpha value is -4.85. The summed E-state index contributed by atoms with van der Waals surface area (Å²) in [4.78, 5) is 36.1. The minimum Gasteiger partial charge on any atom is -0.497 e. The number of carbonyl (C=O) groups is 2. The Morgan fingerprint density at radius 1 is 0.706 bits per heavy atom. The summed E-state index contributed by atoms with van der Waals surface area (Å²) in [6.45, 7) is 0. The molecule has 0 aliphatic heterocycles. The quantitative estimate of drug-likeness (QED) is 0.410. The molecular formula is C26H19N3O5. The van der Waals surface area contributed by atoms with Crippen LogP contribution in [0, 0.1) is 0 Å². The first kappa shape index (κ1) is 22.3. The molecule has 0 atom stereocenters. The summed E-state index contributed by atoms with van der Waals surface area (Å²) in [5.41, 5.74) is 3.13. The molecule has 4 aromatic rings. The van der Waals surface area contributed by atoms with Crippen LogP contribution in [0.25, 0.3) is 34.9 Å². The molecule has 0 spiro atoms. The summed E-state index contributed by atoms with van der Waals surface area (Å²) < 4.78 is 5.17. The van der Waals surface area contributed by atoms with Gasteiger partial charge in [0.25, 0.3) is 0 Å². The zero-order valence-corrected chi connectivity index (χ0v) is 18.0. The number of nitrogens with zero attached hydrogens (tertiary/aromatic N) is 3. The third kappa shape index (κ3) is 5.13. The van der Waals surface area contributed by atoms with Gasteiger partial charge >= 0.3 is 11.9 Å². The minimum absolute atomic E-state index is 0.0106. The fourth-order valence-corrected chi connectivity index (χ4v) is 3.22. The van der Waals surface area contributed by atoms with Gasteiger partial charge in [-0.1, -0.05) is 24.3 Å². The SMILES string of the molecule is COc1ccc(/C=C/c2ccnc(-c3cc(C(=O)O)cc(-c4cc(C(=O)O)ccn4)n3)c2)cc1. The normalized spacial score (nSPS) is 10.9. The van der Waals surface area contributed by atoms with Gasteiger partial charge in [0, 0.05) is 12.4 Å². The van der Waals surface area contributed by atoms with Crippen molar-refractivity contribution in [2.75, 3.05) is 7.11 Å². The first-order valence-electron chi connectivity index (χ1n) is 10.2. The maximum atomic E-state index is 11.7. The largest absolute Gasteiger partial charge is 0.497 e. The molecule has 168 valence electrons. The highest BCUT2D eigenvalue weighted by atomic mass is 16.5. The molecule has 3 aromatic heterocycles. The Labute approximate surface area is 194 Å². The molecule has 4 rings (SSSR count). The van der Waals surface area contributed by atoms with Crippen molar-refractivity contribution in [3.05, 3.63) is 95.3 Å². The third-order valence-corrected chi connectivity index (χ3v) is 4.97. The van der Waals surface area contributed by atoms with Gasteiger partial charge in [-0.25, -0.2) is 14.6 Å². The summed E-state index contributed by atoms with van der Waals surface area (Å²) in [6.07, 6.45) is 6.80. The van der Waals surface area contributed by atoms with Crippen LogP contribution in [0.15, 0.2) is 73.1 Å². The fraction of sp³-hybridized carbons (Fsp3) is 0.0385. The number of hydrogen-bond acceptors (Lipinski definition) is 6. The van der Waals surface area contributed by atoms with E-state index in [2.05, 4.69) is 15.0 Å². The molecule has 34 heavy (non-hydrogen) atoms. The van der Waals surface area contributed by atoms with E-state index in [4.69, 9.17) is 4.74 Å². The predicted octanol–water partition coefficient (Wildman–Crippen LogP) is 4.78. The van der Waals surface area contributed by atoms with Crippen molar-refractivity contribution in [3.63, 3.8) is 0 Å². The molecule has 0 saturated heterocycles. The number of methoxy groups -OCH3 is 1. The van der Waals surface area contributed by atoms with Gasteiger partial charge in [-0.05, 0) is 59.7 Å². The van der Waals surface area contributed by atoms with Gasteiger partial charge in [0.1, 0.15) is 5.75 Å². The number of aromatic carboxylic acids is 2. The topological polar surface area (TPSA) is 123 Å². The van der Waals surface area contributed by atoms with Crippen LogP contribution in [0.2, 0.25) is 0 Å². The summed E-state index contributed by atoms with van der Waals surface area (Å²) in [7, 11) is 1.61. The highest BCUT2D eigenvalue weighted by molar-refractivity contribution is 5.91. The molecule has 0 fully saturated rings. The summed E-state index contributed by atoms with van der Waals surface area (Å²) in [5.74, 6) is -1.49. The molecule has 3 heterocycles. The van der Waals surface area contributed by atoms with Crippen LogP contribution in [0.4, 0.5) is 0 Å². The van der Waals surface area contributed by atoms with Crippen LogP contribution < -0.4 is 4.74 Å². The Kier molecular flexibility index (Phi) is 6.40. The van der Waals surface area contributed by atoms with Gasteiger partial charge in [-0.15, -0.1) is 0 Å². The third-order valence-electron chi connectivity index (χ3n) is 4.97. The van der Waals surface area contributed by atoms with Gasteiger partial charge in [0.15, 0.2) is 0 Å². The highest BCUT2D eigenvalue weighted by Gasteiger charge is 2.14. The Morgan fingerprint density at radius 3 is 1.88 bits per heavy atom. The number of rotatable bonds is 7. The molecule has 8 heteroatoms. The van der Waals surface area contributed by atoms with Crippen LogP contribution in [-0.4, -0.2) is 44.2 Å². The van der Waals surface area contributed by atoms with Crippen molar-refractivity contribution < 1.29 is 24.5 Å². The van der Waals surface area contributed by atoms with Crippen molar-refractivity contribution in [1.82, 2.24) is 15.0 Å². The fourth-order valence-electron chi connectivity index (χ4n) is 3.22. The number of ether oxygens (including phenoxy) is 1. The lowest BCUT2D eigenvalue weighted by Crippen LogP contribution is -2.02. The summed E-state index contributed by atoms with van der Waals surface area (Å²) in [5, 5.41) is 18.8. The van der Waals surface area contributed by atoms with Gasteiger partial charge in [0.2, 0.25) is 0 Å². The first-order chi connectivity index (χ1) is 16.4. The van der Waals surface area contributed by atoms with E-state index in [1.807, 2.05) is 42.5 Å². The van der Waals surface area contributed by atoms with Crippen LogP contribution >= 0.6 is 0 Å². The molecule has 0 saturated carbocycles. The zero-order valence-electron chi connectivity index (χ0n) is 18.0. The van der Waals surface area contributed by atoms with E-state index >= 15 is 0 Å². The second-order valence-electron chi connectivity index (χ2n) is 7.25. The van der Waals surface area contributed by atoms with Gasteiger partial charge in [-0.2, -0.15) is 0 Å². The van der Waals surface area contributed by atoms with Gasteiger partial charge in [0.05, 0.1) is 41.0 Å². The van der Waals surface area contributed by atoms with Crippen LogP contribution in [0.3, 0.4) is 0 Å².